The number of hydrogen-bond acceptors (Lipinski definition) is 15. The molecule has 6 N–H and O–H groups in total. The molecule has 3 aromatic carbocycles. The zero-order valence-electron chi connectivity index (χ0n) is 28.7. The summed E-state index contributed by atoms with van der Waals surface area (Å²) in [5.41, 5.74) is 17.7. The number of aromatic nitrogens is 1. The van der Waals surface area contributed by atoms with Crippen LogP contribution < -0.4 is 56.0 Å². The second-order valence-corrected chi connectivity index (χ2v) is 11.4. The van der Waals surface area contributed by atoms with Gasteiger partial charge in [-0.3, -0.25) is 9.59 Å². The van der Waals surface area contributed by atoms with Crippen LogP contribution in [0, 0.1) is 0 Å². The van der Waals surface area contributed by atoms with Crippen molar-refractivity contribution >= 4 is 56.1 Å². The molecule has 0 aliphatic rings. The summed E-state index contributed by atoms with van der Waals surface area (Å²) < 4.78 is 46.5. The van der Waals surface area contributed by atoms with Crippen LogP contribution in [0.3, 0.4) is 0 Å². The molecule has 0 radical (unpaired) electrons. The van der Waals surface area contributed by atoms with Crippen molar-refractivity contribution in [1.82, 2.24) is 4.40 Å². The molecular weight excluding hydrogens is 680 g/mol. The van der Waals surface area contributed by atoms with Crippen molar-refractivity contribution in [2.75, 3.05) is 41.5 Å². The summed E-state index contributed by atoms with van der Waals surface area (Å²) in [6, 6.07) is 10.1. The highest BCUT2D eigenvalue weighted by atomic mass is 16.6. The van der Waals surface area contributed by atoms with Gasteiger partial charge in [-0.25, -0.2) is 9.59 Å². The molecule has 0 saturated heterocycles. The molecule has 6 rings (SSSR count). The number of nitrogens with zero attached hydrogens (tertiary/aromatic N) is 1. The minimum Gasteiger partial charge on any atom is -0.493 e. The first-order valence-corrected chi connectivity index (χ1v) is 15.7. The molecule has 0 bridgehead atoms. The second kappa shape index (κ2) is 14.1. The van der Waals surface area contributed by atoms with E-state index in [-0.39, 0.29) is 57.9 Å². The topological polar surface area (TPSA) is 228 Å². The number of benzene rings is 3. The summed E-state index contributed by atoms with van der Waals surface area (Å²) in [4.78, 5) is 51.1. The standard InChI is InChI=1S/C36H34N4O12/c1-16(39)35(43)52-33-18-8-9-40-31(19(18)11-26(47-4)34(33)48-5)29(17-6-7-21(23(10-17)45-2)49-27(41)14-37)30-20-12-24(46-3)25(50-28(42)15-38)13-22(20)51-36(44)32(30)40/h6-13,16H,14-15,37-39H2,1-5H3. The molecule has 52 heavy (non-hydrogen) atoms. The molecule has 0 amide bonds. The molecule has 0 spiro atoms. The van der Waals surface area contributed by atoms with E-state index in [1.54, 1.807) is 40.9 Å². The summed E-state index contributed by atoms with van der Waals surface area (Å²) in [5, 5.41) is 1.66. The van der Waals surface area contributed by atoms with Crippen LogP contribution in [0.2, 0.25) is 0 Å². The molecule has 3 aromatic heterocycles. The van der Waals surface area contributed by atoms with Crippen molar-refractivity contribution in [3.8, 4) is 51.4 Å². The SMILES string of the molecule is COc1cc(-c2c3c4cc(OC)c(OC(=O)CN)cc4oc(=O)c3n3ccc4c(OC(=O)C(C)N)c(OC)c(OC)cc4c23)ccc1OC(=O)CN. The Kier molecular flexibility index (Phi) is 9.62. The molecule has 0 fully saturated rings. The lowest BCUT2D eigenvalue weighted by Crippen LogP contribution is -2.31. The summed E-state index contributed by atoms with van der Waals surface area (Å²) in [6.07, 6.45) is 1.62. The third-order valence-corrected chi connectivity index (χ3v) is 8.25. The lowest BCUT2D eigenvalue weighted by Gasteiger charge is -2.18. The third kappa shape index (κ3) is 5.93. The quantitative estimate of drug-likeness (QED) is 0.0995. The summed E-state index contributed by atoms with van der Waals surface area (Å²) in [5.74, 6) is -1.38. The lowest BCUT2D eigenvalue weighted by molar-refractivity contribution is -0.135. The van der Waals surface area contributed by atoms with Crippen LogP contribution in [0.1, 0.15) is 6.92 Å². The number of hydrogen-bond donors (Lipinski definition) is 3. The van der Waals surface area contributed by atoms with Crippen molar-refractivity contribution in [3.63, 3.8) is 0 Å². The number of pyridine rings is 1. The number of fused-ring (bicyclic) bond motifs is 7. The fraction of sp³-hybridized carbons (Fsp3) is 0.222. The first kappa shape index (κ1) is 35.5. The van der Waals surface area contributed by atoms with Gasteiger partial charge in [-0.2, -0.15) is 0 Å². The smallest absolute Gasteiger partial charge is 0.361 e. The fourth-order valence-corrected chi connectivity index (χ4v) is 5.97. The maximum absolute atomic E-state index is 14.0. The Hall–Kier alpha value is -6.36. The van der Waals surface area contributed by atoms with E-state index in [4.69, 9.17) is 54.8 Å². The molecular formula is C36H34N4O12. The molecule has 0 aliphatic carbocycles. The Bertz CT molecular complexity index is 2480. The normalized spacial score (nSPS) is 11.8. The van der Waals surface area contributed by atoms with E-state index in [1.807, 2.05) is 0 Å². The van der Waals surface area contributed by atoms with Crippen LogP contribution in [0.25, 0.3) is 49.3 Å². The van der Waals surface area contributed by atoms with Gasteiger partial charge in [0.05, 0.1) is 47.0 Å². The van der Waals surface area contributed by atoms with E-state index < -0.39 is 36.1 Å². The van der Waals surface area contributed by atoms with Gasteiger partial charge >= 0.3 is 23.5 Å². The molecule has 0 saturated carbocycles. The maximum atomic E-state index is 14.0. The predicted octanol–water partition coefficient (Wildman–Crippen LogP) is 3.03. The molecule has 16 nitrogen and oxygen atoms in total. The first-order chi connectivity index (χ1) is 25.0. The van der Waals surface area contributed by atoms with Gasteiger partial charge in [0.2, 0.25) is 5.75 Å². The number of nitrogens with two attached hydrogens (primary N) is 3. The molecule has 1 atom stereocenters. The molecule has 0 aliphatic heterocycles. The van der Waals surface area contributed by atoms with Crippen LogP contribution in [-0.2, 0) is 14.4 Å². The van der Waals surface area contributed by atoms with E-state index in [9.17, 15) is 19.2 Å². The van der Waals surface area contributed by atoms with Gasteiger partial charge in [-0.15, -0.1) is 0 Å². The Balaban J connectivity index is 1.84. The van der Waals surface area contributed by atoms with E-state index in [2.05, 4.69) is 0 Å². The summed E-state index contributed by atoms with van der Waals surface area (Å²) in [7, 11) is 5.61. The van der Waals surface area contributed by atoms with Gasteiger partial charge in [-0.1, -0.05) is 6.07 Å². The van der Waals surface area contributed by atoms with Crippen molar-refractivity contribution in [1.29, 1.82) is 0 Å². The van der Waals surface area contributed by atoms with E-state index in [1.165, 1.54) is 47.5 Å². The van der Waals surface area contributed by atoms with E-state index >= 15 is 0 Å². The summed E-state index contributed by atoms with van der Waals surface area (Å²) in [6.45, 7) is 0.718. The average molecular weight is 715 g/mol. The zero-order chi connectivity index (χ0) is 37.4. The van der Waals surface area contributed by atoms with Crippen LogP contribution >= 0.6 is 0 Å². The number of carbonyl (C=O) groups excluding carboxylic acids is 3. The van der Waals surface area contributed by atoms with Crippen LogP contribution in [-0.4, -0.2) is 69.9 Å². The monoisotopic (exact) mass is 714 g/mol. The minimum atomic E-state index is -0.972. The van der Waals surface area contributed by atoms with Crippen LogP contribution in [0.5, 0.6) is 40.2 Å². The van der Waals surface area contributed by atoms with Gasteiger partial charge in [-0.05, 0) is 42.8 Å². The van der Waals surface area contributed by atoms with Gasteiger partial charge in [0.1, 0.15) is 17.1 Å². The zero-order valence-corrected chi connectivity index (χ0v) is 28.7. The fourth-order valence-electron chi connectivity index (χ4n) is 5.97. The number of rotatable bonds is 11. The largest absolute Gasteiger partial charge is 0.493 e. The predicted molar refractivity (Wildman–Crippen MR) is 189 cm³/mol. The third-order valence-electron chi connectivity index (χ3n) is 8.25. The van der Waals surface area contributed by atoms with Crippen LogP contribution in [0.15, 0.2) is 57.9 Å². The highest BCUT2D eigenvalue weighted by Crippen LogP contribution is 2.49. The molecule has 1 unspecified atom stereocenters. The number of carbonyl (C=O) groups is 3. The Morgan fingerprint density at radius 3 is 1.96 bits per heavy atom. The number of methoxy groups -OCH3 is 4. The average Bonchev–Trinajstić information content (AvgIpc) is 3.50. The van der Waals surface area contributed by atoms with Crippen molar-refractivity contribution in [2.24, 2.45) is 17.2 Å². The highest BCUT2D eigenvalue weighted by Gasteiger charge is 2.28. The van der Waals surface area contributed by atoms with E-state index in [0.29, 0.717) is 38.2 Å². The Labute approximate surface area is 294 Å². The van der Waals surface area contributed by atoms with Gasteiger partial charge < -0.3 is 59.2 Å². The maximum Gasteiger partial charge on any atom is 0.361 e. The van der Waals surface area contributed by atoms with Crippen LogP contribution in [0.4, 0.5) is 0 Å². The van der Waals surface area contributed by atoms with Gasteiger partial charge in [0.25, 0.3) is 0 Å². The number of ether oxygens (including phenoxy) is 7. The minimum absolute atomic E-state index is 0.0196. The second-order valence-electron chi connectivity index (χ2n) is 11.4. The van der Waals surface area contributed by atoms with Gasteiger partial charge in [0, 0.05) is 39.4 Å². The lowest BCUT2D eigenvalue weighted by atomic mass is 9.97. The number of esters is 3. The Morgan fingerprint density at radius 2 is 1.35 bits per heavy atom. The van der Waals surface area contributed by atoms with Crippen molar-refractivity contribution < 1.29 is 52.0 Å². The van der Waals surface area contributed by atoms with Gasteiger partial charge in [0.15, 0.2) is 34.5 Å². The first-order valence-electron chi connectivity index (χ1n) is 15.7. The molecule has 16 heteroatoms. The summed E-state index contributed by atoms with van der Waals surface area (Å²) >= 11 is 0. The highest BCUT2D eigenvalue weighted by molar-refractivity contribution is 6.22. The molecule has 3 heterocycles. The Morgan fingerprint density at radius 1 is 0.712 bits per heavy atom. The van der Waals surface area contributed by atoms with E-state index in [0.717, 1.165) is 0 Å². The van der Waals surface area contributed by atoms with Crippen molar-refractivity contribution in [2.45, 2.75) is 13.0 Å². The molecule has 270 valence electrons. The van der Waals surface area contributed by atoms with Crippen molar-refractivity contribution in [3.05, 3.63) is 59.1 Å². The molecule has 6 aromatic rings.